The molecular weight excluding hydrogens is 507 g/mol. The number of hydrogen-bond acceptors (Lipinski definition) is 4. The van der Waals surface area contributed by atoms with Crippen LogP contribution in [-0.2, 0) is 25.6 Å². The number of alkyl halides is 3. The van der Waals surface area contributed by atoms with Crippen LogP contribution in [0.5, 0.6) is 0 Å². The molecule has 10 heteroatoms. The summed E-state index contributed by atoms with van der Waals surface area (Å²) >= 11 is 5.97. The van der Waals surface area contributed by atoms with Crippen LogP contribution in [0.15, 0.2) is 65.4 Å². The van der Waals surface area contributed by atoms with Crippen molar-refractivity contribution in [1.82, 2.24) is 15.2 Å². The van der Waals surface area contributed by atoms with Crippen LogP contribution >= 0.6 is 11.6 Å². The van der Waals surface area contributed by atoms with Crippen LogP contribution in [0.4, 0.5) is 13.2 Å². The number of nitrogens with zero attached hydrogens (tertiary/aromatic N) is 2. The molecule has 0 saturated carbocycles. The van der Waals surface area contributed by atoms with Gasteiger partial charge in [-0.25, -0.2) is 0 Å². The van der Waals surface area contributed by atoms with Gasteiger partial charge in [0.2, 0.25) is 0 Å². The molecule has 0 radical (unpaired) electrons. The molecule has 0 unspecified atom stereocenters. The summed E-state index contributed by atoms with van der Waals surface area (Å²) in [4.78, 5) is 31.8. The van der Waals surface area contributed by atoms with Crippen LogP contribution < -0.4 is 5.32 Å². The zero-order chi connectivity index (χ0) is 26.2. The molecule has 2 aromatic heterocycles. The lowest BCUT2D eigenvalue weighted by molar-refractivity contribution is -0.137. The standard InChI is InChI=1S/C27H21ClF3N3O3/c28-22-12-17(27(29,30)31)13-33-23(22)8-10-32-25(35)19-6-3-4-16-9-11-34(14-20(16)19)26(36)21-15-37-24-7-2-1-5-18(21)24/h1-7,12-13,15H,8-11,14H2,(H,32,35). The maximum Gasteiger partial charge on any atom is 0.417 e. The number of rotatable bonds is 5. The zero-order valence-electron chi connectivity index (χ0n) is 19.4. The molecule has 0 spiro atoms. The van der Waals surface area contributed by atoms with Crippen molar-refractivity contribution in [3.8, 4) is 0 Å². The maximum absolute atomic E-state index is 13.3. The van der Waals surface area contributed by atoms with Gasteiger partial charge >= 0.3 is 6.18 Å². The highest BCUT2D eigenvalue weighted by Gasteiger charge is 2.31. The van der Waals surface area contributed by atoms with Crippen LogP contribution in [0.1, 0.15) is 43.1 Å². The number of carbonyl (C=O) groups is 2. The Hall–Kier alpha value is -3.85. The SMILES string of the molecule is O=C(NCCc1ncc(C(F)(F)F)cc1Cl)c1cccc2c1CN(C(=O)c1coc3ccccc13)CC2. The summed E-state index contributed by atoms with van der Waals surface area (Å²) in [6.45, 7) is 0.905. The average molecular weight is 528 g/mol. The molecule has 3 heterocycles. The molecule has 190 valence electrons. The molecular formula is C27H21ClF3N3O3. The minimum absolute atomic E-state index is 0.109. The van der Waals surface area contributed by atoms with Crippen LogP contribution in [0, 0.1) is 0 Å². The Morgan fingerprint density at radius 2 is 1.92 bits per heavy atom. The summed E-state index contributed by atoms with van der Waals surface area (Å²) in [5.74, 6) is -0.517. The van der Waals surface area contributed by atoms with E-state index in [1.54, 1.807) is 23.1 Å². The molecule has 5 rings (SSSR count). The number of nitrogens with one attached hydrogen (secondary N) is 1. The van der Waals surface area contributed by atoms with E-state index >= 15 is 0 Å². The van der Waals surface area contributed by atoms with Crippen molar-refractivity contribution in [3.63, 3.8) is 0 Å². The average Bonchev–Trinajstić information content (AvgIpc) is 3.32. The summed E-state index contributed by atoms with van der Waals surface area (Å²) in [7, 11) is 0. The van der Waals surface area contributed by atoms with Crippen LogP contribution in [-0.4, -0.2) is 34.8 Å². The largest absolute Gasteiger partial charge is 0.463 e. The molecule has 1 aliphatic rings. The van der Waals surface area contributed by atoms with Crippen LogP contribution in [0.3, 0.4) is 0 Å². The molecule has 6 nitrogen and oxygen atoms in total. The van der Waals surface area contributed by atoms with Gasteiger partial charge in [0.1, 0.15) is 11.8 Å². The van der Waals surface area contributed by atoms with E-state index in [0.717, 1.165) is 28.8 Å². The first-order valence-corrected chi connectivity index (χ1v) is 12.0. The van der Waals surface area contributed by atoms with E-state index in [0.29, 0.717) is 29.7 Å². The molecule has 0 fully saturated rings. The molecule has 0 atom stereocenters. The topological polar surface area (TPSA) is 75.4 Å². The number of fused-ring (bicyclic) bond motifs is 2. The molecule has 4 aromatic rings. The third-order valence-corrected chi connectivity index (χ3v) is 6.74. The highest BCUT2D eigenvalue weighted by atomic mass is 35.5. The predicted molar refractivity (Wildman–Crippen MR) is 131 cm³/mol. The highest BCUT2D eigenvalue weighted by Crippen LogP contribution is 2.31. The number of hydrogen-bond donors (Lipinski definition) is 1. The Morgan fingerprint density at radius 1 is 1.11 bits per heavy atom. The fourth-order valence-electron chi connectivity index (χ4n) is 4.48. The minimum atomic E-state index is -4.53. The second-order valence-electron chi connectivity index (χ2n) is 8.72. The van der Waals surface area contributed by atoms with Gasteiger partial charge in [-0.2, -0.15) is 13.2 Å². The molecule has 0 aliphatic carbocycles. The van der Waals surface area contributed by atoms with Gasteiger partial charge in [0.25, 0.3) is 11.8 Å². The molecule has 0 bridgehead atoms. The van der Waals surface area contributed by atoms with E-state index in [1.165, 1.54) is 6.26 Å². The number of halogens is 4. The van der Waals surface area contributed by atoms with Gasteiger partial charge in [-0.05, 0) is 35.7 Å². The van der Waals surface area contributed by atoms with E-state index in [1.807, 2.05) is 24.3 Å². The van der Waals surface area contributed by atoms with Crippen molar-refractivity contribution >= 4 is 34.4 Å². The van der Waals surface area contributed by atoms with E-state index < -0.39 is 11.7 Å². The lowest BCUT2D eigenvalue weighted by Gasteiger charge is -2.30. The summed E-state index contributed by atoms with van der Waals surface area (Å²) in [5, 5.41) is 3.41. The summed E-state index contributed by atoms with van der Waals surface area (Å²) < 4.78 is 44.0. The summed E-state index contributed by atoms with van der Waals surface area (Å²) in [6, 6.07) is 13.6. The molecule has 2 aromatic carbocycles. The number of para-hydroxylation sites is 1. The van der Waals surface area contributed by atoms with Crippen molar-refractivity contribution in [1.29, 1.82) is 0 Å². The lowest BCUT2D eigenvalue weighted by atomic mass is 9.94. The van der Waals surface area contributed by atoms with Gasteiger partial charge in [-0.15, -0.1) is 0 Å². The fraction of sp³-hybridized carbons (Fsp3) is 0.222. The van der Waals surface area contributed by atoms with Crippen molar-refractivity contribution in [3.05, 3.63) is 99.5 Å². The first-order chi connectivity index (χ1) is 17.7. The number of furan rings is 1. The van der Waals surface area contributed by atoms with Gasteiger partial charge in [0.15, 0.2) is 0 Å². The second-order valence-corrected chi connectivity index (χ2v) is 9.13. The van der Waals surface area contributed by atoms with Crippen molar-refractivity contribution in [2.45, 2.75) is 25.6 Å². The Balaban J connectivity index is 1.28. The lowest BCUT2D eigenvalue weighted by Crippen LogP contribution is -2.37. The number of carbonyl (C=O) groups excluding carboxylic acids is 2. The monoisotopic (exact) mass is 527 g/mol. The normalized spacial score (nSPS) is 13.5. The van der Waals surface area contributed by atoms with E-state index in [9.17, 15) is 22.8 Å². The number of amides is 2. The molecule has 0 saturated heterocycles. The van der Waals surface area contributed by atoms with Crippen LogP contribution in [0.2, 0.25) is 5.02 Å². The quantitative estimate of drug-likeness (QED) is 0.363. The van der Waals surface area contributed by atoms with Gasteiger partial charge in [-0.1, -0.05) is 41.9 Å². The minimum Gasteiger partial charge on any atom is -0.463 e. The number of benzene rings is 2. The predicted octanol–water partition coefficient (Wildman–Crippen LogP) is 5.67. The van der Waals surface area contributed by atoms with Gasteiger partial charge < -0.3 is 14.6 Å². The van der Waals surface area contributed by atoms with E-state index in [-0.39, 0.29) is 42.0 Å². The maximum atomic E-state index is 13.3. The third kappa shape index (κ3) is 5.04. The first-order valence-electron chi connectivity index (χ1n) is 11.6. The van der Waals surface area contributed by atoms with Crippen molar-refractivity contribution in [2.24, 2.45) is 0 Å². The molecule has 1 aliphatic heterocycles. The van der Waals surface area contributed by atoms with Gasteiger partial charge in [0, 0.05) is 43.2 Å². The number of pyridine rings is 1. The Bertz CT molecular complexity index is 1500. The Kier molecular flexibility index (Phi) is 6.64. The molecule has 2 amide bonds. The van der Waals surface area contributed by atoms with Crippen LogP contribution in [0.25, 0.3) is 11.0 Å². The van der Waals surface area contributed by atoms with E-state index in [4.69, 9.17) is 16.0 Å². The second kappa shape index (κ2) is 9.89. The van der Waals surface area contributed by atoms with Gasteiger partial charge in [0.05, 0.1) is 21.8 Å². The summed E-state index contributed by atoms with van der Waals surface area (Å²) in [5.41, 5.74) is 2.63. The van der Waals surface area contributed by atoms with Crippen molar-refractivity contribution in [2.75, 3.05) is 13.1 Å². The Labute approximate surface area is 215 Å². The zero-order valence-corrected chi connectivity index (χ0v) is 20.2. The smallest absolute Gasteiger partial charge is 0.417 e. The van der Waals surface area contributed by atoms with E-state index in [2.05, 4.69) is 10.3 Å². The highest BCUT2D eigenvalue weighted by molar-refractivity contribution is 6.31. The molecule has 1 N–H and O–H groups in total. The fourth-order valence-corrected chi connectivity index (χ4v) is 4.74. The number of aromatic nitrogens is 1. The van der Waals surface area contributed by atoms with Gasteiger partial charge in [-0.3, -0.25) is 14.6 Å². The summed E-state index contributed by atoms with van der Waals surface area (Å²) in [6.07, 6.45) is -1.58. The third-order valence-electron chi connectivity index (χ3n) is 6.41. The molecule has 37 heavy (non-hydrogen) atoms. The van der Waals surface area contributed by atoms with Crippen molar-refractivity contribution < 1.29 is 27.2 Å². The first kappa shape index (κ1) is 24.8. The Morgan fingerprint density at radius 3 is 2.70 bits per heavy atom.